The van der Waals surface area contributed by atoms with Gasteiger partial charge in [0.05, 0.1) is 78.5 Å². The Morgan fingerprint density at radius 3 is 0.500 bits per heavy atom. The molecule has 0 spiro atoms. The second-order valence-electron chi connectivity index (χ2n) is 13.5. The van der Waals surface area contributed by atoms with Crippen LogP contribution in [0, 0.1) is 0 Å². The molecule has 0 aromatic heterocycles. The van der Waals surface area contributed by atoms with E-state index in [1.807, 2.05) is 0 Å². The van der Waals surface area contributed by atoms with Crippen molar-refractivity contribution in [2.24, 2.45) is 0 Å². The van der Waals surface area contributed by atoms with Gasteiger partial charge in [0.15, 0.2) is 0 Å². The van der Waals surface area contributed by atoms with Crippen LogP contribution in [0.25, 0.3) is 0 Å². The van der Waals surface area contributed by atoms with Crippen LogP contribution < -0.4 is 0 Å². The maximum absolute atomic E-state index is 2.42. The summed E-state index contributed by atoms with van der Waals surface area (Å²) in [6.07, 6.45) is 22.3. The number of hydrogen-bond acceptors (Lipinski definition) is 3. The van der Waals surface area contributed by atoms with E-state index in [-0.39, 0.29) is 16.4 Å². The zero-order valence-electron chi connectivity index (χ0n) is 30.5. The van der Waals surface area contributed by atoms with E-state index >= 15 is 0 Å². The SMILES string of the molecule is CCC[N+](CCC)(CCC)CCCCCC[N+](CCC)(CCC)CCCCCC[N+](CCC)(CCC)CCC.[OH-].[OH-].[OH-]. The largest absolute Gasteiger partial charge is 0.870 e. The highest BCUT2D eigenvalue weighted by molar-refractivity contribution is 4.54. The van der Waals surface area contributed by atoms with Crippen molar-refractivity contribution in [1.82, 2.24) is 0 Å². The number of quaternary nitrogens is 3. The molecule has 0 aliphatic rings. The van der Waals surface area contributed by atoms with E-state index in [9.17, 15) is 0 Å². The molecule has 0 atom stereocenters. The van der Waals surface area contributed by atoms with Crippen molar-refractivity contribution in [3.8, 4) is 0 Å². The minimum absolute atomic E-state index is 0. The van der Waals surface area contributed by atoms with Crippen LogP contribution in [0.5, 0.6) is 0 Å². The summed E-state index contributed by atoms with van der Waals surface area (Å²) in [6, 6.07) is 0. The average molecular weight is 606 g/mol. The van der Waals surface area contributed by atoms with Crippen molar-refractivity contribution in [3.05, 3.63) is 0 Å². The summed E-state index contributed by atoms with van der Waals surface area (Å²) >= 11 is 0. The molecule has 0 aromatic carbocycles. The second-order valence-corrected chi connectivity index (χ2v) is 13.5. The Bertz CT molecular complexity index is 453. The highest BCUT2D eigenvalue weighted by Crippen LogP contribution is 2.20. The molecule has 6 heteroatoms. The Hall–Kier alpha value is -0.240. The van der Waals surface area contributed by atoms with E-state index in [0.717, 1.165) is 0 Å². The first-order valence-corrected chi connectivity index (χ1v) is 18.5. The molecule has 0 rings (SSSR count). The molecular formula is C36H83N3O3. The van der Waals surface area contributed by atoms with E-state index in [0.29, 0.717) is 0 Å². The van der Waals surface area contributed by atoms with Crippen LogP contribution in [0.4, 0.5) is 0 Å². The van der Waals surface area contributed by atoms with Crippen LogP contribution in [-0.2, 0) is 0 Å². The van der Waals surface area contributed by atoms with Crippen LogP contribution >= 0.6 is 0 Å². The van der Waals surface area contributed by atoms with Gasteiger partial charge in [-0.1, -0.05) is 55.4 Å². The molecule has 42 heavy (non-hydrogen) atoms. The molecular weight excluding hydrogens is 522 g/mol. The molecule has 0 heterocycles. The van der Waals surface area contributed by atoms with Crippen molar-refractivity contribution in [3.63, 3.8) is 0 Å². The van der Waals surface area contributed by atoms with E-state index in [2.05, 4.69) is 55.4 Å². The predicted octanol–water partition coefficient (Wildman–Crippen LogP) is 9.31. The predicted molar refractivity (Wildman–Crippen MR) is 184 cm³/mol. The summed E-state index contributed by atoms with van der Waals surface area (Å²) in [5, 5.41) is 0. The summed E-state index contributed by atoms with van der Waals surface area (Å²) in [7, 11) is 0. The van der Waals surface area contributed by atoms with Gasteiger partial charge in [0.1, 0.15) is 0 Å². The molecule has 0 amide bonds. The maximum atomic E-state index is 2.42. The smallest absolute Gasteiger partial charge is 0.0786 e. The zero-order valence-corrected chi connectivity index (χ0v) is 30.5. The van der Waals surface area contributed by atoms with E-state index in [1.54, 1.807) is 0 Å². The number of nitrogens with zero attached hydrogens (tertiary/aromatic N) is 3. The molecule has 0 unspecified atom stereocenters. The first kappa shape index (κ1) is 48.7. The van der Waals surface area contributed by atoms with Crippen molar-refractivity contribution in [2.75, 3.05) is 78.5 Å². The van der Waals surface area contributed by atoms with Crippen molar-refractivity contribution in [2.45, 2.75) is 158 Å². The normalized spacial score (nSPS) is 12.0. The Labute approximate surface area is 266 Å². The molecule has 6 nitrogen and oxygen atoms in total. The topological polar surface area (TPSA) is 90.0 Å². The van der Waals surface area contributed by atoms with Crippen LogP contribution in [0.15, 0.2) is 0 Å². The van der Waals surface area contributed by atoms with Crippen LogP contribution in [-0.4, -0.2) is 108 Å². The third kappa shape index (κ3) is 20.7. The van der Waals surface area contributed by atoms with Crippen molar-refractivity contribution < 1.29 is 29.9 Å². The monoisotopic (exact) mass is 606 g/mol. The van der Waals surface area contributed by atoms with Gasteiger partial charge in [0.25, 0.3) is 0 Å². The summed E-state index contributed by atoms with van der Waals surface area (Å²) in [5.74, 6) is 0. The lowest BCUT2D eigenvalue weighted by molar-refractivity contribution is -0.929. The van der Waals surface area contributed by atoms with Crippen LogP contribution in [0.3, 0.4) is 0 Å². The van der Waals surface area contributed by atoms with E-state index in [1.165, 1.54) is 195 Å². The summed E-state index contributed by atoms with van der Waals surface area (Å²) in [4.78, 5) is 0. The first-order chi connectivity index (χ1) is 18.9. The Morgan fingerprint density at radius 1 is 0.214 bits per heavy atom. The highest BCUT2D eigenvalue weighted by atomic mass is 16.0. The maximum Gasteiger partial charge on any atom is 0.0786 e. The highest BCUT2D eigenvalue weighted by Gasteiger charge is 2.27. The molecule has 0 aromatic rings. The number of unbranched alkanes of at least 4 members (excludes halogenated alkanes) is 6. The lowest BCUT2D eigenvalue weighted by Crippen LogP contribution is -2.51. The Kier molecular flexibility index (Phi) is 35.7. The van der Waals surface area contributed by atoms with Crippen LogP contribution in [0.2, 0.25) is 0 Å². The summed E-state index contributed by atoms with van der Waals surface area (Å²) in [6.45, 7) is 36.0. The third-order valence-corrected chi connectivity index (χ3v) is 9.61. The van der Waals surface area contributed by atoms with Crippen molar-refractivity contribution in [1.29, 1.82) is 0 Å². The van der Waals surface area contributed by atoms with Gasteiger partial charge < -0.3 is 29.9 Å². The van der Waals surface area contributed by atoms with E-state index in [4.69, 9.17) is 0 Å². The van der Waals surface area contributed by atoms with Gasteiger partial charge in [-0.25, -0.2) is 0 Å². The van der Waals surface area contributed by atoms with E-state index < -0.39 is 0 Å². The Balaban J connectivity index is -0.00000241. The lowest BCUT2D eigenvalue weighted by atomic mass is 10.1. The van der Waals surface area contributed by atoms with Gasteiger partial charge in [0.2, 0.25) is 0 Å². The minimum atomic E-state index is 0. The third-order valence-electron chi connectivity index (χ3n) is 9.61. The van der Waals surface area contributed by atoms with Gasteiger partial charge >= 0.3 is 0 Å². The lowest BCUT2D eigenvalue weighted by Gasteiger charge is -2.40. The summed E-state index contributed by atoms with van der Waals surface area (Å²) < 4.78 is 4.20. The molecule has 3 N–H and O–H groups in total. The molecule has 0 aliphatic heterocycles. The molecule has 0 fully saturated rings. The molecule has 0 saturated heterocycles. The van der Waals surface area contributed by atoms with Gasteiger partial charge in [0, 0.05) is 0 Å². The summed E-state index contributed by atoms with van der Waals surface area (Å²) in [5.41, 5.74) is 0. The number of rotatable bonds is 30. The molecule has 0 saturated carbocycles. The second kappa shape index (κ2) is 30.8. The quantitative estimate of drug-likeness (QED) is 0.0603. The van der Waals surface area contributed by atoms with Gasteiger partial charge in [-0.05, 0) is 103 Å². The zero-order chi connectivity index (χ0) is 29.3. The fourth-order valence-electron chi connectivity index (χ4n) is 8.30. The molecule has 260 valence electrons. The van der Waals surface area contributed by atoms with Gasteiger partial charge in [-0.2, -0.15) is 0 Å². The Morgan fingerprint density at radius 2 is 0.357 bits per heavy atom. The standard InChI is InChI=1S/C36H80N3.3H2O/c1-9-25-37(26-10-2,27-11-3)33-21-17-19-23-35-39(31-15-7,32-16-8)36-24-20-18-22-34-38(28-12-4,29-13-5)30-14-6;;;/h9-36H2,1-8H3;3*1H2/q+3;;;/p-3. The number of hydrogen-bond donors (Lipinski definition) is 0. The van der Waals surface area contributed by atoms with Gasteiger partial charge in [-0.15, -0.1) is 0 Å². The van der Waals surface area contributed by atoms with Crippen molar-refractivity contribution >= 4 is 0 Å². The first-order valence-electron chi connectivity index (χ1n) is 18.5. The minimum Gasteiger partial charge on any atom is -0.870 e. The molecule has 0 radical (unpaired) electrons. The van der Waals surface area contributed by atoms with Gasteiger partial charge in [-0.3, -0.25) is 0 Å². The average Bonchev–Trinajstić information content (AvgIpc) is 2.89. The molecule has 0 aliphatic carbocycles. The fraction of sp³-hybridized carbons (Fsp3) is 1.00. The fourth-order valence-corrected chi connectivity index (χ4v) is 8.30. The van der Waals surface area contributed by atoms with Crippen LogP contribution in [0.1, 0.15) is 158 Å². The molecule has 0 bridgehead atoms.